The van der Waals surface area contributed by atoms with Gasteiger partial charge >= 0.3 is 0 Å². The fourth-order valence-electron chi connectivity index (χ4n) is 2.41. The Kier molecular flexibility index (Phi) is 4.58. The van der Waals surface area contributed by atoms with Gasteiger partial charge in [-0.15, -0.1) is 10.2 Å². The van der Waals surface area contributed by atoms with Crippen LogP contribution in [-0.2, 0) is 16.0 Å². The lowest BCUT2D eigenvalue weighted by Gasteiger charge is -2.16. The molecule has 0 unspecified atom stereocenters. The van der Waals surface area contributed by atoms with E-state index in [1.807, 2.05) is 6.92 Å². The number of anilines is 2. The van der Waals surface area contributed by atoms with Gasteiger partial charge in [-0.3, -0.25) is 9.59 Å². The number of amides is 2. The highest BCUT2D eigenvalue weighted by atomic mass is 35.5. The molecule has 1 atom stereocenters. The molecule has 6 nitrogen and oxygen atoms in total. The molecule has 1 aliphatic heterocycles. The molecular formula is C15H15ClN4O2S. The smallest absolute Gasteiger partial charge is 0.231 e. The highest BCUT2D eigenvalue weighted by molar-refractivity contribution is 7.15. The number of nitrogens with zero attached hydrogens (tertiary/aromatic N) is 3. The Balaban J connectivity index is 1.66. The minimum Gasteiger partial charge on any atom is -0.312 e. The highest BCUT2D eigenvalue weighted by Gasteiger charge is 2.35. The molecule has 0 spiro atoms. The summed E-state index contributed by atoms with van der Waals surface area (Å²) in [5.41, 5.74) is 0.749. The van der Waals surface area contributed by atoms with Crippen molar-refractivity contribution in [1.82, 2.24) is 10.2 Å². The van der Waals surface area contributed by atoms with Gasteiger partial charge in [0, 0.05) is 23.7 Å². The van der Waals surface area contributed by atoms with Gasteiger partial charge in [0.15, 0.2) is 0 Å². The fourth-order valence-corrected chi connectivity index (χ4v) is 3.22. The first-order valence-electron chi connectivity index (χ1n) is 7.26. The number of benzene rings is 1. The SMILES string of the molecule is CCc1nnc(NC(=O)[C@@H]2CC(=O)N(c3ccc(Cl)cc3)C2)s1. The average molecular weight is 351 g/mol. The third-order valence-electron chi connectivity index (χ3n) is 3.63. The Morgan fingerprint density at radius 3 is 2.78 bits per heavy atom. The lowest BCUT2D eigenvalue weighted by molar-refractivity contribution is -0.122. The number of carbonyl (C=O) groups is 2. The zero-order valence-electron chi connectivity index (χ0n) is 12.5. The normalized spacial score (nSPS) is 17.6. The van der Waals surface area contributed by atoms with Crippen molar-refractivity contribution in [2.75, 3.05) is 16.8 Å². The number of aryl methyl sites for hydroxylation is 1. The summed E-state index contributed by atoms with van der Waals surface area (Å²) in [6, 6.07) is 7.01. The Bertz CT molecular complexity index is 731. The molecule has 2 aromatic rings. The van der Waals surface area contributed by atoms with Gasteiger partial charge in [0.2, 0.25) is 16.9 Å². The van der Waals surface area contributed by atoms with E-state index in [2.05, 4.69) is 15.5 Å². The van der Waals surface area contributed by atoms with Crippen molar-refractivity contribution in [2.24, 2.45) is 5.92 Å². The van der Waals surface area contributed by atoms with Crippen LogP contribution in [0.25, 0.3) is 0 Å². The molecule has 2 amide bonds. The average Bonchev–Trinajstić information content (AvgIpc) is 3.15. The third-order valence-corrected chi connectivity index (χ3v) is 4.87. The minimum atomic E-state index is -0.396. The number of hydrogen-bond acceptors (Lipinski definition) is 5. The maximum Gasteiger partial charge on any atom is 0.231 e. The quantitative estimate of drug-likeness (QED) is 0.920. The maximum atomic E-state index is 12.3. The maximum absolute atomic E-state index is 12.3. The van der Waals surface area contributed by atoms with E-state index in [9.17, 15) is 9.59 Å². The highest BCUT2D eigenvalue weighted by Crippen LogP contribution is 2.27. The van der Waals surface area contributed by atoms with Crippen molar-refractivity contribution in [3.63, 3.8) is 0 Å². The second-order valence-corrected chi connectivity index (χ2v) is 6.72. The summed E-state index contributed by atoms with van der Waals surface area (Å²) in [5.74, 6) is -0.667. The molecule has 1 N–H and O–H groups in total. The number of halogens is 1. The molecule has 8 heteroatoms. The summed E-state index contributed by atoms with van der Waals surface area (Å²) in [4.78, 5) is 26.1. The number of hydrogen-bond donors (Lipinski definition) is 1. The zero-order chi connectivity index (χ0) is 16.4. The van der Waals surface area contributed by atoms with Crippen molar-refractivity contribution in [3.8, 4) is 0 Å². The van der Waals surface area contributed by atoms with E-state index in [1.165, 1.54) is 11.3 Å². The lowest BCUT2D eigenvalue weighted by Crippen LogP contribution is -2.28. The summed E-state index contributed by atoms with van der Waals surface area (Å²) in [6.45, 7) is 2.33. The number of rotatable bonds is 4. The van der Waals surface area contributed by atoms with Gasteiger partial charge in [-0.25, -0.2) is 0 Å². The van der Waals surface area contributed by atoms with Crippen LogP contribution in [0.3, 0.4) is 0 Å². The van der Waals surface area contributed by atoms with Gasteiger partial charge in [-0.05, 0) is 30.7 Å². The Hall–Kier alpha value is -1.99. The zero-order valence-corrected chi connectivity index (χ0v) is 14.0. The summed E-state index contributed by atoms with van der Waals surface area (Å²) < 4.78 is 0. The van der Waals surface area contributed by atoms with Crippen LogP contribution in [0.15, 0.2) is 24.3 Å². The minimum absolute atomic E-state index is 0.0704. The van der Waals surface area contributed by atoms with E-state index in [0.717, 1.165) is 17.1 Å². The molecule has 2 heterocycles. The van der Waals surface area contributed by atoms with E-state index in [4.69, 9.17) is 11.6 Å². The first kappa shape index (κ1) is 15.9. The molecule has 3 rings (SSSR count). The number of nitrogens with one attached hydrogen (secondary N) is 1. The summed E-state index contributed by atoms with van der Waals surface area (Å²) in [5, 5.41) is 12.6. The topological polar surface area (TPSA) is 75.2 Å². The van der Waals surface area contributed by atoms with Crippen LogP contribution in [0.2, 0.25) is 5.02 Å². The molecule has 0 bridgehead atoms. The predicted molar refractivity (Wildman–Crippen MR) is 89.8 cm³/mol. The molecule has 1 saturated heterocycles. The number of carbonyl (C=O) groups excluding carboxylic acids is 2. The van der Waals surface area contributed by atoms with Gasteiger partial charge in [-0.2, -0.15) is 0 Å². The van der Waals surface area contributed by atoms with Gasteiger partial charge in [0.1, 0.15) is 5.01 Å². The predicted octanol–water partition coefficient (Wildman–Crippen LogP) is 2.75. The Morgan fingerprint density at radius 1 is 1.39 bits per heavy atom. The third kappa shape index (κ3) is 3.51. The van der Waals surface area contributed by atoms with E-state index < -0.39 is 5.92 Å². The summed E-state index contributed by atoms with van der Waals surface area (Å²) in [7, 11) is 0. The second kappa shape index (κ2) is 6.64. The molecule has 0 radical (unpaired) electrons. The largest absolute Gasteiger partial charge is 0.312 e. The fraction of sp³-hybridized carbons (Fsp3) is 0.333. The number of aromatic nitrogens is 2. The Labute approximate surface area is 142 Å². The molecule has 0 aliphatic carbocycles. The van der Waals surface area contributed by atoms with E-state index in [1.54, 1.807) is 29.2 Å². The van der Waals surface area contributed by atoms with Crippen molar-refractivity contribution >= 4 is 45.6 Å². The second-order valence-electron chi connectivity index (χ2n) is 5.23. The summed E-state index contributed by atoms with van der Waals surface area (Å²) >= 11 is 7.21. The molecule has 120 valence electrons. The molecule has 1 aromatic carbocycles. The van der Waals surface area contributed by atoms with Crippen molar-refractivity contribution in [1.29, 1.82) is 0 Å². The van der Waals surface area contributed by atoms with Crippen LogP contribution in [0.5, 0.6) is 0 Å². The lowest BCUT2D eigenvalue weighted by atomic mass is 10.1. The molecular weight excluding hydrogens is 336 g/mol. The Morgan fingerprint density at radius 2 is 2.13 bits per heavy atom. The van der Waals surface area contributed by atoms with E-state index in [0.29, 0.717) is 16.7 Å². The van der Waals surface area contributed by atoms with E-state index >= 15 is 0 Å². The summed E-state index contributed by atoms with van der Waals surface area (Å²) in [6.07, 6.45) is 0.966. The van der Waals surface area contributed by atoms with Crippen LogP contribution in [0.4, 0.5) is 10.8 Å². The standard InChI is InChI=1S/C15H15ClN4O2S/c1-2-12-18-19-15(23-12)17-14(22)9-7-13(21)20(8-9)11-5-3-10(16)4-6-11/h3-6,9H,2,7-8H2,1H3,(H,17,19,22)/t9-/m1/s1. The monoisotopic (exact) mass is 350 g/mol. The van der Waals surface area contributed by atoms with Crippen LogP contribution >= 0.6 is 22.9 Å². The first-order valence-corrected chi connectivity index (χ1v) is 8.45. The molecule has 1 aliphatic rings. The van der Waals surface area contributed by atoms with Gasteiger partial charge in [-0.1, -0.05) is 29.9 Å². The van der Waals surface area contributed by atoms with E-state index in [-0.39, 0.29) is 18.2 Å². The molecule has 1 aromatic heterocycles. The first-order chi connectivity index (χ1) is 11.1. The van der Waals surface area contributed by atoms with Gasteiger partial charge < -0.3 is 10.2 Å². The van der Waals surface area contributed by atoms with Gasteiger partial charge in [0.25, 0.3) is 0 Å². The van der Waals surface area contributed by atoms with Gasteiger partial charge in [0.05, 0.1) is 5.92 Å². The van der Waals surface area contributed by atoms with Crippen molar-refractivity contribution < 1.29 is 9.59 Å². The van der Waals surface area contributed by atoms with Crippen LogP contribution < -0.4 is 10.2 Å². The molecule has 23 heavy (non-hydrogen) atoms. The van der Waals surface area contributed by atoms with Crippen molar-refractivity contribution in [2.45, 2.75) is 19.8 Å². The van der Waals surface area contributed by atoms with Crippen LogP contribution in [0.1, 0.15) is 18.4 Å². The van der Waals surface area contributed by atoms with Crippen LogP contribution in [0, 0.1) is 5.92 Å². The van der Waals surface area contributed by atoms with Crippen molar-refractivity contribution in [3.05, 3.63) is 34.3 Å². The molecule has 1 fully saturated rings. The van der Waals surface area contributed by atoms with Crippen LogP contribution in [-0.4, -0.2) is 28.6 Å². The molecule has 0 saturated carbocycles.